The van der Waals surface area contributed by atoms with E-state index in [9.17, 15) is 9.59 Å². The predicted molar refractivity (Wildman–Crippen MR) is 65.6 cm³/mol. The first kappa shape index (κ1) is 12.2. The number of rotatable bonds is 4. The summed E-state index contributed by atoms with van der Waals surface area (Å²) in [6.45, 7) is 0. The maximum absolute atomic E-state index is 11.5. The van der Waals surface area contributed by atoms with Crippen molar-refractivity contribution in [1.82, 2.24) is 0 Å². The summed E-state index contributed by atoms with van der Waals surface area (Å²) in [5, 5.41) is 0. The number of ketones is 1. The van der Waals surface area contributed by atoms with Crippen molar-refractivity contribution in [3.05, 3.63) is 35.4 Å². The van der Waals surface area contributed by atoms with E-state index in [0.717, 1.165) is 4.43 Å². The molecule has 0 aliphatic heterocycles. The smallest absolute Gasteiger partial charge is 0.337 e. The van der Waals surface area contributed by atoms with Gasteiger partial charge in [-0.25, -0.2) is 4.79 Å². The molecule has 0 saturated heterocycles. The first-order valence-electron chi connectivity index (χ1n) is 4.46. The predicted octanol–water partition coefficient (Wildman–Crippen LogP) is 2.48. The molecule has 0 N–H and O–H groups in total. The standard InChI is InChI=1S/C11H11IO3/c1-15-11(14)9-4-2-8(3-5-9)10(13)6-7-12/h2-5H,6-7H2,1H3. The summed E-state index contributed by atoms with van der Waals surface area (Å²) in [7, 11) is 1.33. The van der Waals surface area contributed by atoms with Gasteiger partial charge < -0.3 is 4.74 Å². The van der Waals surface area contributed by atoms with E-state index in [1.54, 1.807) is 24.3 Å². The Labute approximate surface area is 102 Å². The molecule has 15 heavy (non-hydrogen) atoms. The first-order valence-corrected chi connectivity index (χ1v) is 5.99. The number of hydrogen-bond donors (Lipinski definition) is 0. The van der Waals surface area contributed by atoms with Crippen LogP contribution in [0.1, 0.15) is 27.1 Å². The molecule has 4 heteroatoms. The third-order valence-electron chi connectivity index (χ3n) is 1.95. The van der Waals surface area contributed by atoms with Gasteiger partial charge in [0.2, 0.25) is 0 Å². The van der Waals surface area contributed by atoms with E-state index in [0.29, 0.717) is 17.5 Å². The molecule has 1 aromatic rings. The fourth-order valence-electron chi connectivity index (χ4n) is 1.14. The molecule has 0 aliphatic rings. The molecule has 0 saturated carbocycles. The van der Waals surface area contributed by atoms with Crippen LogP contribution in [-0.2, 0) is 4.74 Å². The zero-order chi connectivity index (χ0) is 11.3. The largest absolute Gasteiger partial charge is 0.465 e. The molecule has 1 aromatic carbocycles. The Hall–Kier alpha value is -0.910. The van der Waals surface area contributed by atoms with Gasteiger partial charge >= 0.3 is 5.97 Å². The lowest BCUT2D eigenvalue weighted by Gasteiger charge is -2.01. The van der Waals surface area contributed by atoms with Crippen LogP contribution >= 0.6 is 22.6 Å². The van der Waals surface area contributed by atoms with Gasteiger partial charge in [-0.1, -0.05) is 34.7 Å². The highest BCUT2D eigenvalue weighted by Crippen LogP contribution is 2.08. The van der Waals surface area contributed by atoms with E-state index in [4.69, 9.17) is 0 Å². The second kappa shape index (κ2) is 5.85. The number of hydrogen-bond acceptors (Lipinski definition) is 3. The van der Waals surface area contributed by atoms with Crippen molar-refractivity contribution in [2.24, 2.45) is 0 Å². The van der Waals surface area contributed by atoms with Crippen molar-refractivity contribution >= 4 is 34.3 Å². The van der Waals surface area contributed by atoms with Gasteiger partial charge in [0.25, 0.3) is 0 Å². The third kappa shape index (κ3) is 3.30. The van der Waals surface area contributed by atoms with Crippen LogP contribution in [0.4, 0.5) is 0 Å². The van der Waals surface area contributed by atoms with Gasteiger partial charge in [0.1, 0.15) is 0 Å². The molecule has 0 radical (unpaired) electrons. The fraction of sp³-hybridized carbons (Fsp3) is 0.273. The fourth-order valence-corrected chi connectivity index (χ4v) is 1.63. The molecule has 0 spiro atoms. The number of Topliss-reactive ketones (excluding diaryl/α,β-unsaturated/α-hetero) is 1. The molecule has 0 aliphatic carbocycles. The maximum Gasteiger partial charge on any atom is 0.337 e. The van der Waals surface area contributed by atoms with Crippen molar-refractivity contribution in [3.63, 3.8) is 0 Å². The van der Waals surface area contributed by atoms with Gasteiger partial charge in [-0.2, -0.15) is 0 Å². The Kier molecular flexibility index (Phi) is 4.74. The quantitative estimate of drug-likeness (QED) is 0.371. The number of alkyl halides is 1. The van der Waals surface area contributed by atoms with E-state index in [-0.39, 0.29) is 11.8 Å². The topological polar surface area (TPSA) is 43.4 Å². The Morgan fingerprint density at radius 2 is 1.73 bits per heavy atom. The minimum Gasteiger partial charge on any atom is -0.465 e. The lowest BCUT2D eigenvalue weighted by Crippen LogP contribution is -2.03. The molecule has 0 bridgehead atoms. The van der Waals surface area contributed by atoms with Crippen LogP contribution in [0.25, 0.3) is 0 Å². The minimum atomic E-state index is -0.386. The van der Waals surface area contributed by atoms with Crippen LogP contribution in [-0.4, -0.2) is 23.3 Å². The summed E-state index contributed by atoms with van der Waals surface area (Å²) >= 11 is 2.16. The zero-order valence-corrected chi connectivity index (χ0v) is 10.5. The van der Waals surface area contributed by atoms with E-state index >= 15 is 0 Å². The summed E-state index contributed by atoms with van der Waals surface area (Å²) in [4.78, 5) is 22.6. The average Bonchev–Trinajstić information content (AvgIpc) is 2.28. The van der Waals surface area contributed by atoms with Crippen LogP contribution in [0, 0.1) is 0 Å². The molecule has 1 rings (SSSR count). The van der Waals surface area contributed by atoms with Crippen molar-refractivity contribution in [3.8, 4) is 0 Å². The Bertz CT molecular complexity index is 357. The van der Waals surface area contributed by atoms with Gasteiger partial charge in [0.15, 0.2) is 5.78 Å². The zero-order valence-electron chi connectivity index (χ0n) is 8.33. The summed E-state index contributed by atoms with van der Waals surface area (Å²) < 4.78 is 5.36. The highest BCUT2D eigenvalue weighted by Gasteiger charge is 2.07. The van der Waals surface area contributed by atoms with Crippen molar-refractivity contribution in [1.29, 1.82) is 0 Å². The number of carbonyl (C=O) groups is 2. The van der Waals surface area contributed by atoms with E-state index in [2.05, 4.69) is 27.3 Å². The molecule has 0 fully saturated rings. The lowest BCUT2D eigenvalue weighted by atomic mass is 10.1. The third-order valence-corrected chi connectivity index (χ3v) is 2.49. The highest BCUT2D eigenvalue weighted by molar-refractivity contribution is 14.1. The number of carbonyl (C=O) groups excluding carboxylic acids is 2. The van der Waals surface area contributed by atoms with Crippen LogP contribution in [0.2, 0.25) is 0 Å². The van der Waals surface area contributed by atoms with Crippen molar-refractivity contribution in [2.75, 3.05) is 11.5 Å². The summed E-state index contributed by atoms with van der Waals surface area (Å²) in [6.07, 6.45) is 0.526. The first-order chi connectivity index (χ1) is 7.19. The maximum atomic E-state index is 11.5. The summed E-state index contributed by atoms with van der Waals surface area (Å²) in [5.41, 5.74) is 1.10. The average molecular weight is 318 g/mol. The highest BCUT2D eigenvalue weighted by atomic mass is 127. The second-order valence-corrected chi connectivity index (χ2v) is 4.01. The number of methoxy groups -OCH3 is 1. The van der Waals surface area contributed by atoms with Gasteiger partial charge in [0, 0.05) is 16.4 Å². The summed E-state index contributed by atoms with van der Waals surface area (Å²) in [5.74, 6) is -0.288. The van der Waals surface area contributed by atoms with Gasteiger partial charge in [-0.05, 0) is 12.1 Å². The molecule has 80 valence electrons. The number of benzene rings is 1. The normalized spacial score (nSPS) is 9.73. The van der Waals surface area contributed by atoms with Crippen LogP contribution < -0.4 is 0 Å². The van der Waals surface area contributed by atoms with Crippen molar-refractivity contribution < 1.29 is 14.3 Å². The molecule has 0 unspecified atom stereocenters. The van der Waals surface area contributed by atoms with Gasteiger partial charge in [-0.3, -0.25) is 4.79 Å². The van der Waals surface area contributed by atoms with Crippen LogP contribution in [0.3, 0.4) is 0 Å². The number of ether oxygens (including phenoxy) is 1. The van der Waals surface area contributed by atoms with Gasteiger partial charge in [0.05, 0.1) is 12.7 Å². The Balaban J connectivity index is 2.80. The Morgan fingerprint density at radius 1 is 1.20 bits per heavy atom. The molecular formula is C11H11IO3. The van der Waals surface area contributed by atoms with E-state index < -0.39 is 0 Å². The van der Waals surface area contributed by atoms with Crippen molar-refractivity contribution in [2.45, 2.75) is 6.42 Å². The monoisotopic (exact) mass is 318 g/mol. The molecule has 0 aromatic heterocycles. The molecule has 0 atom stereocenters. The molecular weight excluding hydrogens is 307 g/mol. The van der Waals surface area contributed by atoms with Crippen LogP contribution in [0.15, 0.2) is 24.3 Å². The number of esters is 1. The number of halogens is 1. The van der Waals surface area contributed by atoms with E-state index in [1.807, 2.05) is 0 Å². The molecule has 0 amide bonds. The second-order valence-electron chi connectivity index (χ2n) is 2.93. The SMILES string of the molecule is COC(=O)c1ccc(C(=O)CCI)cc1. The molecule has 3 nitrogen and oxygen atoms in total. The van der Waals surface area contributed by atoms with Gasteiger partial charge in [-0.15, -0.1) is 0 Å². The Morgan fingerprint density at radius 3 is 2.20 bits per heavy atom. The lowest BCUT2D eigenvalue weighted by molar-refractivity contribution is 0.0600. The minimum absolute atomic E-state index is 0.0980. The summed E-state index contributed by atoms with van der Waals surface area (Å²) in [6, 6.07) is 6.51. The molecule has 0 heterocycles. The van der Waals surface area contributed by atoms with Crippen LogP contribution in [0.5, 0.6) is 0 Å². The van der Waals surface area contributed by atoms with E-state index in [1.165, 1.54) is 7.11 Å².